The maximum Gasteiger partial charge on any atom is 0.251 e. The Morgan fingerprint density at radius 3 is 2.59 bits per heavy atom. The number of nitrogens with one attached hydrogen (secondary N) is 2. The summed E-state index contributed by atoms with van der Waals surface area (Å²) in [5, 5.41) is 6.90. The zero-order chi connectivity index (χ0) is 20.9. The molecule has 3 aromatic rings. The third kappa shape index (κ3) is 5.52. The summed E-state index contributed by atoms with van der Waals surface area (Å²) >= 11 is 0. The van der Waals surface area contributed by atoms with E-state index in [1.807, 2.05) is 43.6 Å². The first-order valence-electron chi connectivity index (χ1n) is 9.28. The van der Waals surface area contributed by atoms with Crippen LogP contribution in [0.3, 0.4) is 0 Å². The molecule has 0 saturated carbocycles. The molecule has 1 atom stereocenters. The van der Waals surface area contributed by atoms with Gasteiger partial charge in [0, 0.05) is 31.4 Å². The van der Waals surface area contributed by atoms with Crippen molar-refractivity contribution in [3.8, 4) is 0 Å². The van der Waals surface area contributed by atoms with Crippen LogP contribution < -0.4 is 10.0 Å². The molecule has 29 heavy (non-hydrogen) atoms. The van der Waals surface area contributed by atoms with Crippen LogP contribution in [0.4, 0.5) is 0 Å². The van der Waals surface area contributed by atoms with E-state index in [4.69, 9.17) is 0 Å². The second-order valence-electron chi connectivity index (χ2n) is 6.81. The zero-order valence-corrected chi connectivity index (χ0v) is 17.2. The summed E-state index contributed by atoms with van der Waals surface area (Å²) in [6.07, 6.45) is 4.28. The highest BCUT2D eigenvalue weighted by Crippen LogP contribution is 2.17. The first-order valence-corrected chi connectivity index (χ1v) is 10.8. The summed E-state index contributed by atoms with van der Waals surface area (Å²) in [5.74, 6) is -0.318. The summed E-state index contributed by atoms with van der Waals surface area (Å²) in [5.41, 5.74) is 2.18. The fourth-order valence-electron chi connectivity index (χ4n) is 2.94. The maximum atomic E-state index is 12.7. The fraction of sp³-hybridized carbons (Fsp3) is 0.238. The van der Waals surface area contributed by atoms with Gasteiger partial charge in [0.05, 0.1) is 11.1 Å². The molecule has 0 fully saturated rings. The van der Waals surface area contributed by atoms with Crippen molar-refractivity contribution in [2.45, 2.75) is 24.3 Å². The molecular formula is C21H24N4O3S. The number of amides is 1. The van der Waals surface area contributed by atoms with Gasteiger partial charge >= 0.3 is 0 Å². The number of sulfonamides is 1. The van der Waals surface area contributed by atoms with Crippen molar-refractivity contribution in [2.24, 2.45) is 7.05 Å². The van der Waals surface area contributed by atoms with Gasteiger partial charge in [-0.3, -0.25) is 9.48 Å². The van der Waals surface area contributed by atoms with E-state index in [2.05, 4.69) is 15.1 Å². The average Bonchev–Trinajstić information content (AvgIpc) is 3.13. The highest BCUT2D eigenvalue weighted by Gasteiger charge is 2.19. The Bertz CT molecular complexity index is 1080. The molecule has 8 heteroatoms. The van der Waals surface area contributed by atoms with Gasteiger partial charge in [-0.1, -0.05) is 36.4 Å². The van der Waals surface area contributed by atoms with Crippen LogP contribution in [0.2, 0.25) is 0 Å². The van der Waals surface area contributed by atoms with Gasteiger partial charge in [-0.2, -0.15) is 5.10 Å². The highest BCUT2D eigenvalue weighted by molar-refractivity contribution is 7.89. The van der Waals surface area contributed by atoms with Crippen molar-refractivity contribution < 1.29 is 13.2 Å². The SMILES string of the molecule is CC(NS(=O)(=O)c1cccc(C(=O)NCCc2cnn(C)c2)c1)c1ccccc1. The van der Waals surface area contributed by atoms with Gasteiger partial charge in [0.15, 0.2) is 0 Å². The van der Waals surface area contributed by atoms with Crippen LogP contribution in [0, 0.1) is 0 Å². The van der Waals surface area contributed by atoms with Crippen molar-refractivity contribution in [1.82, 2.24) is 19.8 Å². The van der Waals surface area contributed by atoms with Crippen LogP contribution in [0.15, 0.2) is 71.9 Å². The van der Waals surface area contributed by atoms with Gasteiger partial charge in [0.1, 0.15) is 0 Å². The van der Waals surface area contributed by atoms with E-state index in [9.17, 15) is 13.2 Å². The molecule has 7 nitrogen and oxygen atoms in total. The van der Waals surface area contributed by atoms with Gasteiger partial charge in [-0.15, -0.1) is 0 Å². The lowest BCUT2D eigenvalue weighted by molar-refractivity contribution is 0.0954. The van der Waals surface area contributed by atoms with E-state index >= 15 is 0 Å². The molecule has 152 valence electrons. The number of aryl methyl sites for hydroxylation is 1. The van der Waals surface area contributed by atoms with Crippen molar-refractivity contribution in [1.29, 1.82) is 0 Å². The number of hydrogen-bond donors (Lipinski definition) is 2. The molecule has 3 rings (SSSR count). The number of carbonyl (C=O) groups excluding carboxylic acids is 1. The molecule has 0 spiro atoms. The predicted molar refractivity (Wildman–Crippen MR) is 111 cm³/mol. The van der Waals surface area contributed by atoms with Crippen molar-refractivity contribution in [3.05, 3.63) is 83.7 Å². The fourth-order valence-corrected chi connectivity index (χ4v) is 4.22. The standard InChI is InChI=1S/C21H24N4O3S/c1-16(18-7-4-3-5-8-18)24-29(27,28)20-10-6-9-19(13-20)21(26)22-12-11-17-14-23-25(2)15-17/h3-10,13-16,24H,11-12H2,1-2H3,(H,22,26). The minimum Gasteiger partial charge on any atom is -0.352 e. The van der Waals surface area contributed by atoms with Crippen LogP contribution in [-0.2, 0) is 23.5 Å². The van der Waals surface area contributed by atoms with Crippen molar-refractivity contribution >= 4 is 15.9 Å². The van der Waals surface area contributed by atoms with Crippen LogP contribution >= 0.6 is 0 Å². The van der Waals surface area contributed by atoms with E-state index in [1.54, 1.807) is 29.9 Å². The van der Waals surface area contributed by atoms with Crippen molar-refractivity contribution in [3.63, 3.8) is 0 Å². The third-order valence-corrected chi connectivity index (χ3v) is 6.03. The van der Waals surface area contributed by atoms with Crippen LogP contribution in [0.1, 0.15) is 34.5 Å². The summed E-state index contributed by atoms with van der Waals surface area (Å²) < 4.78 is 29.8. The molecule has 1 amide bonds. The number of rotatable bonds is 8. The molecule has 0 aliphatic carbocycles. The van der Waals surface area contributed by atoms with E-state index in [0.717, 1.165) is 11.1 Å². The molecule has 0 aliphatic heterocycles. The van der Waals surface area contributed by atoms with E-state index < -0.39 is 16.1 Å². The lowest BCUT2D eigenvalue weighted by Gasteiger charge is -2.15. The van der Waals surface area contributed by atoms with Crippen LogP contribution in [-0.4, -0.2) is 30.7 Å². The Labute approximate surface area is 170 Å². The first kappa shape index (κ1) is 20.8. The summed E-state index contributed by atoms with van der Waals surface area (Å²) in [4.78, 5) is 12.5. The van der Waals surface area contributed by atoms with Gasteiger partial charge in [-0.25, -0.2) is 13.1 Å². The number of carbonyl (C=O) groups is 1. The lowest BCUT2D eigenvalue weighted by Crippen LogP contribution is -2.28. The Morgan fingerprint density at radius 1 is 1.14 bits per heavy atom. The van der Waals surface area contributed by atoms with Crippen LogP contribution in [0.25, 0.3) is 0 Å². The molecule has 0 aliphatic rings. The quantitative estimate of drug-likeness (QED) is 0.594. The first-order chi connectivity index (χ1) is 13.8. The van der Waals surface area contributed by atoms with Gasteiger partial charge in [0.2, 0.25) is 10.0 Å². The van der Waals surface area contributed by atoms with Gasteiger partial charge in [-0.05, 0) is 42.7 Å². The van der Waals surface area contributed by atoms with E-state index in [1.165, 1.54) is 12.1 Å². The topological polar surface area (TPSA) is 93.1 Å². The normalized spacial score (nSPS) is 12.5. The van der Waals surface area contributed by atoms with E-state index in [-0.39, 0.29) is 10.8 Å². The molecule has 1 unspecified atom stereocenters. The third-order valence-electron chi connectivity index (χ3n) is 4.50. The Morgan fingerprint density at radius 2 is 1.90 bits per heavy atom. The maximum absolute atomic E-state index is 12.7. The van der Waals surface area contributed by atoms with E-state index in [0.29, 0.717) is 18.5 Å². The molecule has 0 bridgehead atoms. The Balaban J connectivity index is 1.65. The highest BCUT2D eigenvalue weighted by atomic mass is 32.2. The number of aromatic nitrogens is 2. The summed E-state index contributed by atoms with van der Waals surface area (Å²) in [6, 6.07) is 15.0. The summed E-state index contributed by atoms with van der Waals surface area (Å²) in [7, 11) is -1.93. The molecule has 1 aromatic heterocycles. The molecule has 0 saturated heterocycles. The molecular weight excluding hydrogens is 388 g/mol. The molecule has 2 N–H and O–H groups in total. The minimum atomic E-state index is -3.77. The number of benzene rings is 2. The van der Waals surface area contributed by atoms with Crippen molar-refractivity contribution in [2.75, 3.05) is 6.54 Å². The van der Waals surface area contributed by atoms with Gasteiger partial charge < -0.3 is 5.32 Å². The Hall–Kier alpha value is -2.97. The number of nitrogens with zero attached hydrogens (tertiary/aromatic N) is 2. The second-order valence-corrected chi connectivity index (χ2v) is 8.52. The minimum absolute atomic E-state index is 0.0557. The molecule has 2 aromatic carbocycles. The average molecular weight is 413 g/mol. The number of hydrogen-bond acceptors (Lipinski definition) is 4. The largest absolute Gasteiger partial charge is 0.352 e. The summed E-state index contributed by atoms with van der Waals surface area (Å²) in [6.45, 7) is 2.21. The molecule has 0 radical (unpaired) electrons. The predicted octanol–water partition coefficient (Wildman–Crippen LogP) is 2.43. The monoisotopic (exact) mass is 412 g/mol. The lowest BCUT2D eigenvalue weighted by atomic mass is 10.1. The second kappa shape index (κ2) is 9.02. The van der Waals surface area contributed by atoms with Crippen LogP contribution in [0.5, 0.6) is 0 Å². The zero-order valence-electron chi connectivity index (χ0n) is 16.4. The molecule has 1 heterocycles. The smallest absolute Gasteiger partial charge is 0.251 e. The van der Waals surface area contributed by atoms with Gasteiger partial charge in [0.25, 0.3) is 5.91 Å². The Kier molecular flexibility index (Phi) is 6.46.